The lowest BCUT2D eigenvalue weighted by Gasteiger charge is -2.04. The highest BCUT2D eigenvalue weighted by Gasteiger charge is 2.19. The normalized spacial score (nSPS) is 10.8. The third kappa shape index (κ3) is 4.00. The Hall–Kier alpha value is -2.11. The fraction of sp³-hybridized carbons (Fsp3) is 0.176. The molecule has 2 N–H and O–H groups in total. The second kappa shape index (κ2) is 7.44. The van der Waals surface area contributed by atoms with Crippen molar-refractivity contribution in [2.24, 2.45) is 0 Å². The molecule has 1 heterocycles. The van der Waals surface area contributed by atoms with Gasteiger partial charge in [0.1, 0.15) is 5.00 Å². The number of amides is 2. The second-order valence-electron chi connectivity index (χ2n) is 4.91. The highest BCUT2D eigenvalue weighted by Crippen LogP contribution is 2.32. The van der Waals surface area contributed by atoms with E-state index in [0.29, 0.717) is 15.6 Å². The lowest BCUT2D eigenvalue weighted by Crippen LogP contribution is -2.20. The summed E-state index contributed by atoms with van der Waals surface area (Å²) in [5.41, 5.74) is 2.14. The average Bonchev–Trinajstić information content (AvgIpc) is 2.80. The summed E-state index contributed by atoms with van der Waals surface area (Å²) >= 11 is 7.43. The van der Waals surface area contributed by atoms with Crippen LogP contribution in [0, 0.1) is 13.8 Å². The van der Waals surface area contributed by atoms with Crippen LogP contribution in [0.25, 0.3) is 6.08 Å². The number of thiophene rings is 1. The number of carbonyl (C=O) groups is 2. The maximum absolute atomic E-state index is 12.1. The van der Waals surface area contributed by atoms with Crippen molar-refractivity contribution in [3.05, 3.63) is 56.9 Å². The van der Waals surface area contributed by atoms with Crippen molar-refractivity contribution < 1.29 is 9.59 Å². The van der Waals surface area contributed by atoms with Gasteiger partial charge in [0.05, 0.1) is 5.56 Å². The third-order valence-corrected chi connectivity index (χ3v) is 4.86. The van der Waals surface area contributed by atoms with Crippen LogP contribution in [0.4, 0.5) is 5.00 Å². The van der Waals surface area contributed by atoms with E-state index < -0.39 is 0 Å². The minimum atomic E-state index is -0.309. The van der Waals surface area contributed by atoms with E-state index in [4.69, 9.17) is 11.6 Å². The summed E-state index contributed by atoms with van der Waals surface area (Å²) in [6.07, 6.45) is 3.05. The van der Waals surface area contributed by atoms with Gasteiger partial charge in [0.2, 0.25) is 5.91 Å². The minimum Gasteiger partial charge on any atom is -0.355 e. The Morgan fingerprint density at radius 1 is 1.22 bits per heavy atom. The molecule has 120 valence electrons. The first kappa shape index (κ1) is 17.2. The molecule has 0 fully saturated rings. The maximum atomic E-state index is 12.1. The molecule has 0 spiro atoms. The van der Waals surface area contributed by atoms with E-state index in [0.717, 1.165) is 16.0 Å². The van der Waals surface area contributed by atoms with E-state index >= 15 is 0 Å². The van der Waals surface area contributed by atoms with Crippen molar-refractivity contribution >= 4 is 45.8 Å². The summed E-state index contributed by atoms with van der Waals surface area (Å²) in [6.45, 7) is 3.79. The second-order valence-corrected chi connectivity index (χ2v) is 6.54. The molecule has 4 nitrogen and oxygen atoms in total. The fourth-order valence-electron chi connectivity index (χ4n) is 2.04. The predicted octanol–water partition coefficient (Wildman–Crippen LogP) is 4.03. The molecule has 0 saturated heterocycles. The molecular formula is C17H17ClN2O2S. The number of nitrogens with one attached hydrogen (secondary N) is 2. The van der Waals surface area contributed by atoms with E-state index in [2.05, 4.69) is 10.6 Å². The highest BCUT2D eigenvalue weighted by atomic mass is 35.5. The summed E-state index contributed by atoms with van der Waals surface area (Å²) in [5, 5.41) is 6.49. The number of rotatable bonds is 4. The molecule has 23 heavy (non-hydrogen) atoms. The molecule has 0 unspecified atom stereocenters. The van der Waals surface area contributed by atoms with Gasteiger partial charge in [0, 0.05) is 23.0 Å². The molecule has 0 saturated carbocycles. The number of anilines is 1. The van der Waals surface area contributed by atoms with Crippen LogP contribution in [0.3, 0.4) is 0 Å². The Bertz CT molecular complexity index is 781. The number of halogens is 1. The molecule has 2 amide bonds. The topological polar surface area (TPSA) is 58.2 Å². The number of aryl methyl sites for hydroxylation is 1. The molecule has 0 bridgehead atoms. The summed E-state index contributed by atoms with van der Waals surface area (Å²) in [4.78, 5) is 25.1. The van der Waals surface area contributed by atoms with Gasteiger partial charge in [0.25, 0.3) is 5.91 Å². The molecule has 0 aliphatic carbocycles. The predicted molar refractivity (Wildman–Crippen MR) is 96.3 cm³/mol. The zero-order valence-electron chi connectivity index (χ0n) is 13.1. The van der Waals surface area contributed by atoms with Gasteiger partial charge in [-0.1, -0.05) is 29.8 Å². The number of benzene rings is 1. The largest absolute Gasteiger partial charge is 0.355 e. The Morgan fingerprint density at radius 3 is 2.57 bits per heavy atom. The van der Waals surface area contributed by atoms with Crippen LogP contribution in [0.5, 0.6) is 0 Å². The van der Waals surface area contributed by atoms with E-state index in [1.807, 2.05) is 32.0 Å². The molecule has 0 atom stereocenters. The monoisotopic (exact) mass is 348 g/mol. The molecule has 0 radical (unpaired) electrons. The summed E-state index contributed by atoms with van der Waals surface area (Å²) in [5.74, 6) is -0.520. The van der Waals surface area contributed by atoms with E-state index in [1.54, 1.807) is 19.2 Å². The molecule has 1 aromatic carbocycles. The molecule has 2 rings (SSSR count). The van der Waals surface area contributed by atoms with Crippen molar-refractivity contribution in [3.63, 3.8) is 0 Å². The number of hydrogen-bond donors (Lipinski definition) is 2. The molecule has 2 aromatic rings. The van der Waals surface area contributed by atoms with Crippen molar-refractivity contribution in [1.29, 1.82) is 0 Å². The van der Waals surface area contributed by atoms with Crippen molar-refractivity contribution in [1.82, 2.24) is 5.32 Å². The molecule has 0 aliphatic heterocycles. The van der Waals surface area contributed by atoms with Crippen LogP contribution in [0.2, 0.25) is 5.02 Å². The van der Waals surface area contributed by atoms with E-state index in [1.165, 1.54) is 17.4 Å². The first-order valence-electron chi connectivity index (χ1n) is 6.99. The van der Waals surface area contributed by atoms with Gasteiger partial charge < -0.3 is 10.6 Å². The Balaban J connectivity index is 2.20. The number of carbonyl (C=O) groups excluding carboxylic acids is 2. The Morgan fingerprint density at radius 2 is 1.91 bits per heavy atom. The summed E-state index contributed by atoms with van der Waals surface area (Å²) in [7, 11) is 1.57. The van der Waals surface area contributed by atoms with Crippen LogP contribution in [0.1, 0.15) is 26.4 Å². The van der Waals surface area contributed by atoms with E-state index in [-0.39, 0.29) is 11.8 Å². The third-order valence-electron chi connectivity index (χ3n) is 3.40. The molecule has 1 aromatic heterocycles. The zero-order valence-corrected chi connectivity index (χ0v) is 14.6. The van der Waals surface area contributed by atoms with Crippen molar-refractivity contribution in [3.8, 4) is 0 Å². The Labute approximate surface area is 144 Å². The summed E-state index contributed by atoms with van der Waals surface area (Å²) in [6, 6.07) is 7.25. The Kier molecular flexibility index (Phi) is 5.58. The average molecular weight is 349 g/mol. The molecule has 6 heteroatoms. The standard InChI is InChI=1S/C17H17ClN2O2S/c1-10-11(2)23-17(15(10)16(22)19-3)20-14(21)9-8-12-6-4-5-7-13(12)18/h4-9H,1-3H3,(H,19,22)(H,20,21)/b9-8+. The van der Waals surface area contributed by atoms with Crippen LogP contribution in [-0.2, 0) is 4.79 Å². The smallest absolute Gasteiger partial charge is 0.254 e. The zero-order chi connectivity index (χ0) is 17.0. The van der Waals surface area contributed by atoms with Crippen LogP contribution in [-0.4, -0.2) is 18.9 Å². The van der Waals surface area contributed by atoms with Crippen molar-refractivity contribution in [2.75, 3.05) is 12.4 Å². The quantitative estimate of drug-likeness (QED) is 0.819. The molecule has 0 aliphatic rings. The number of hydrogen-bond acceptors (Lipinski definition) is 3. The molecular weight excluding hydrogens is 332 g/mol. The lowest BCUT2D eigenvalue weighted by atomic mass is 10.1. The van der Waals surface area contributed by atoms with E-state index in [9.17, 15) is 9.59 Å². The van der Waals surface area contributed by atoms with Gasteiger partial charge in [-0.2, -0.15) is 0 Å². The van der Waals surface area contributed by atoms with Gasteiger partial charge in [-0.05, 0) is 37.1 Å². The van der Waals surface area contributed by atoms with Crippen LogP contribution < -0.4 is 10.6 Å². The van der Waals surface area contributed by atoms with Gasteiger partial charge in [-0.25, -0.2) is 0 Å². The van der Waals surface area contributed by atoms with Gasteiger partial charge in [-0.3, -0.25) is 9.59 Å². The van der Waals surface area contributed by atoms with Crippen molar-refractivity contribution in [2.45, 2.75) is 13.8 Å². The maximum Gasteiger partial charge on any atom is 0.254 e. The highest BCUT2D eigenvalue weighted by molar-refractivity contribution is 7.16. The minimum absolute atomic E-state index is 0.211. The van der Waals surface area contributed by atoms with Crippen LogP contribution >= 0.6 is 22.9 Å². The fourth-order valence-corrected chi connectivity index (χ4v) is 3.30. The SMILES string of the molecule is CNC(=O)c1c(NC(=O)/C=C/c2ccccc2Cl)sc(C)c1C. The van der Waals surface area contributed by atoms with Crippen LogP contribution in [0.15, 0.2) is 30.3 Å². The van der Waals surface area contributed by atoms with Gasteiger partial charge in [0.15, 0.2) is 0 Å². The lowest BCUT2D eigenvalue weighted by molar-refractivity contribution is -0.111. The van der Waals surface area contributed by atoms with Gasteiger partial charge >= 0.3 is 0 Å². The first-order valence-corrected chi connectivity index (χ1v) is 8.19. The first-order chi connectivity index (χ1) is 10.9. The summed E-state index contributed by atoms with van der Waals surface area (Å²) < 4.78 is 0. The van der Waals surface area contributed by atoms with Gasteiger partial charge in [-0.15, -0.1) is 11.3 Å².